The minimum Gasteiger partial charge on any atom is -0.481 e. The maximum atomic E-state index is 11.3. The molecule has 0 saturated heterocycles. The van der Waals surface area contributed by atoms with Crippen LogP contribution >= 0.6 is 0 Å². The van der Waals surface area contributed by atoms with E-state index in [1.54, 1.807) is 7.11 Å². The Morgan fingerprint density at radius 3 is 2.75 bits per heavy atom. The van der Waals surface area contributed by atoms with E-state index in [4.69, 9.17) is 9.84 Å². The molecule has 0 bridgehead atoms. The first kappa shape index (κ1) is 12.8. The van der Waals surface area contributed by atoms with Gasteiger partial charge in [0.05, 0.1) is 12.5 Å². The maximum absolute atomic E-state index is 11.3. The number of ether oxygens (including phenoxy) is 1. The zero-order valence-corrected chi connectivity index (χ0v) is 9.36. The number of urea groups is 1. The molecular weight excluding hydrogens is 212 g/mol. The summed E-state index contributed by atoms with van der Waals surface area (Å²) in [5.41, 5.74) is 0. The molecular formula is C10H18N2O4. The van der Waals surface area contributed by atoms with Gasteiger partial charge in [0.15, 0.2) is 0 Å². The Balaban J connectivity index is 2.12. The predicted octanol–water partition coefficient (Wildman–Crippen LogP) is 0.328. The van der Waals surface area contributed by atoms with Gasteiger partial charge in [-0.2, -0.15) is 0 Å². The minimum absolute atomic E-state index is 0.0568. The van der Waals surface area contributed by atoms with E-state index in [0.717, 1.165) is 19.3 Å². The molecule has 16 heavy (non-hydrogen) atoms. The van der Waals surface area contributed by atoms with E-state index in [-0.39, 0.29) is 31.1 Å². The van der Waals surface area contributed by atoms with Crippen molar-refractivity contribution in [1.29, 1.82) is 0 Å². The van der Waals surface area contributed by atoms with Gasteiger partial charge in [-0.25, -0.2) is 4.79 Å². The molecule has 2 amide bonds. The summed E-state index contributed by atoms with van der Waals surface area (Å²) in [5.74, 6) is -0.916. The van der Waals surface area contributed by atoms with Crippen LogP contribution in [0.2, 0.25) is 0 Å². The van der Waals surface area contributed by atoms with E-state index in [9.17, 15) is 9.59 Å². The molecule has 1 fully saturated rings. The molecule has 2 atom stereocenters. The lowest BCUT2D eigenvalue weighted by atomic mass is 10.2. The number of rotatable bonds is 5. The molecule has 6 nitrogen and oxygen atoms in total. The number of nitrogens with one attached hydrogen (secondary N) is 2. The van der Waals surface area contributed by atoms with Crippen molar-refractivity contribution in [2.45, 2.75) is 37.8 Å². The minimum atomic E-state index is -0.916. The summed E-state index contributed by atoms with van der Waals surface area (Å²) < 4.78 is 5.19. The van der Waals surface area contributed by atoms with E-state index >= 15 is 0 Å². The average Bonchev–Trinajstić information content (AvgIpc) is 2.65. The summed E-state index contributed by atoms with van der Waals surface area (Å²) in [4.78, 5) is 21.5. The van der Waals surface area contributed by atoms with Crippen LogP contribution in [-0.4, -0.2) is 42.9 Å². The second-order valence-corrected chi connectivity index (χ2v) is 3.91. The van der Waals surface area contributed by atoms with Gasteiger partial charge in [0.25, 0.3) is 0 Å². The van der Waals surface area contributed by atoms with Crippen LogP contribution in [0.3, 0.4) is 0 Å². The van der Waals surface area contributed by atoms with Gasteiger partial charge in [0.1, 0.15) is 0 Å². The summed E-state index contributed by atoms with van der Waals surface area (Å²) in [7, 11) is 1.67. The third-order valence-electron chi connectivity index (χ3n) is 2.68. The summed E-state index contributed by atoms with van der Waals surface area (Å²) in [6.45, 7) is 0.154. The number of aliphatic carboxylic acids is 1. The molecule has 0 aromatic rings. The fourth-order valence-corrected chi connectivity index (χ4v) is 1.80. The number of hydrogen-bond donors (Lipinski definition) is 3. The van der Waals surface area contributed by atoms with Gasteiger partial charge in [-0.05, 0) is 19.3 Å². The predicted molar refractivity (Wildman–Crippen MR) is 57.2 cm³/mol. The Morgan fingerprint density at radius 2 is 2.19 bits per heavy atom. The molecule has 0 aromatic heterocycles. The van der Waals surface area contributed by atoms with Gasteiger partial charge in [0.2, 0.25) is 0 Å². The summed E-state index contributed by atoms with van der Waals surface area (Å²) >= 11 is 0. The van der Waals surface area contributed by atoms with E-state index in [0.29, 0.717) is 0 Å². The van der Waals surface area contributed by atoms with Crippen molar-refractivity contribution in [3.63, 3.8) is 0 Å². The van der Waals surface area contributed by atoms with Crippen LogP contribution in [0.4, 0.5) is 4.79 Å². The lowest BCUT2D eigenvalue weighted by Gasteiger charge is -2.13. The molecule has 0 spiro atoms. The van der Waals surface area contributed by atoms with E-state index in [2.05, 4.69) is 10.6 Å². The van der Waals surface area contributed by atoms with Gasteiger partial charge in [-0.1, -0.05) is 0 Å². The molecule has 92 valence electrons. The van der Waals surface area contributed by atoms with Crippen molar-refractivity contribution in [1.82, 2.24) is 10.6 Å². The monoisotopic (exact) mass is 230 g/mol. The first-order valence-corrected chi connectivity index (χ1v) is 5.40. The molecule has 1 rings (SSSR count). The summed E-state index contributed by atoms with van der Waals surface area (Å²) in [5, 5.41) is 13.7. The van der Waals surface area contributed by atoms with Crippen LogP contribution in [0.1, 0.15) is 25.7 Å². The molecule has 1 aliphatic rings. The van der Waals surface area contributed by atoms with E-state index in [1.165, 1.54) is 0 Å². The SMILES string of the molecule is COC1CCC(NC(=O)NCCC(=O)O)C1. The fraction of sp³-hybridized carbons (Fsp3) is 0.800. The fourth-order valence-electron chi connectivity index (χ4n) is 1.80. The largest absolute Gasteiger partial charge is 0.481 e. The highest BCUT2D eigenvalue weighted by atomic mass is 16.5. The highest BCUT2D eigenvalue weighted by Crippen LogP contribution is 2.21. The molecule has 3 N–H and O–H groups in total. The van der Waals surface area contributed by atoms with Crippen LogP contribution in [0.5, 0.6) is 0 Å². The smallest absolute Gasteiger partial charge is 0.315 e. The Hall–Kier alpha value is -1.30. The number of methoxy groups -OCH3 is 1. The number of carbonyl (C=O) groups excluding carboxylic acids is 1. The number of carbonyl (C=O) groups is 2. The van der Waals surface area contributed by atoms with Crippen molar-refractivity contribution < 1.29 is 19.4 Å². The Labute approximate surface area is 94.3 Å². The van der Waals surface area contributed by atoms with Crippen LogP contribution < -0.4 is 10.6 Å². The summed E-state index contributed by atoms with van der Waals surface area (Å²) in [6.07, 6.45) is 2.85. The Morgan fingerprint density at radius 1 is 1.44 bits per heavy atom. The lowest BCUT2D eigenvalue weighted by Crippen LogP contribution is -2.41. The number of amides is 2. The highest BCUT2D eigenvalue weighted by Gasteiger charge is 2.25. The molecule has 0 aliphatic heterocycles. The van der Waals surface area contributed by atoms with Gasteiger partial charge in [0, 0.05) is 19.7 Å². The van der Waals surface area contributed by atoms with Crippen molar-refractivity contribution in [2.24, 2.45) is 0 Å². The third kappa shape index (κ3) is 4.48. The van der Waals surface area contributed by atoms with Gasteiger partial charge >= 0.3 is 12.0 Å². The lowest BCUT2D eigenvalue weighted by molar-refractivity contribution is -0.136. The van der Waals surface area contributed by atoms with E-state index < -0.39 is 5.97 Å². The van der Waals surface area contributed by atoms with E-state index in [1.807, 2.05) is 0 Å². The van der Waals surface area contributed by atoms with Crippen LogP contribution in [0, 0.1) is 0 Å². The van der Waals surface area contributed by atoms with Crippen molar-refractivity contribution >= 4 is 12.0 Å². The quantitative estimate of drug-likeness (QED) is 0.635. The molecule has 1 saturated carbocycles. The van der Waals surface area contributed by atoms with Crippen LogP contribution in [0.15, 0.2) is 0 Å². The second-order valence-electron chi connectivity index (χ2n) is 3.91. The molecule has 2 unspecified atom stereocenters. The normalized spacial score (nSPS) is 24.1. The number of carboxylic acids is 1. The third-order valence-corrected chi connectivity index (χ3v) is 2.68. The molecule has 0 aromatic carbocycles. The zero-order valence-electron chi connectivity index (χ0n) is 9.36. The topological polar surface area (TPSA) is 87.7 Å². The van der Waals surface area contributed by atoms with Gasteiger partial charge in [-0.3, -0.25) is 4.79 Å². The van der Waals surface area contributed by atoms with Crippen LogP contribution in [0.25, 0.3) is 0 Å². The average molecular weight is 230 g/mol. The highest BCUT2D eigenvalue weighted by molar-refractivity contribution is 5.75. The number of carboxylic acid groups (broad SMARTS) is 1. The van der Waals surface area contributed by atoms with Gasteiger partial charge in [-0.15, -0.1) is 0 Å². The molecule has 0 heterocycles. The first-order valence-electron chi connectivity index (χ1n) is 5.40. The van der Waals surface area contributed by atoms with Crippen LogP contribution in [-0.2, 0) is 9.53 Å². The Bertz CT molecular complexity index is 257. The zero-order chi connectivity index (χ0) is 12.0. The summed E-state index contributed by atoms with van der Waals surface area (Å²) in [6, 6.07) is -0.169. The molecule has 0 radical (unpaired) electrons. The van der Waals surface area contributed by atoms with Crippen molar-refractivity contribution in [3.05, 3.63) is 0 Å². The number of hydrogen-bond acceptors (Lipinski definition) is 3. The van der Waals surface area contributed by atoms with Gasteiger partial charge < -0.3 is 20.5 Å². The van der Waals surface area contributed by atoms with Crippen molar-refractivity contribution in [2.75, 3.05) is 13.7 Å². The standard InChI is InChI=1S/C10H18N2O4/c1-16-8-3-2-7(6-8)12-10(15)11-5-4-9(13)14/h7-8H,2-6H2,1H3,(H,13,14)(H2,11,12,15). The first-order chi connectivity index (χ1) is 7.61. The van der Waals surface area contributed by atoms with Crippen molar-refractivity contribution in [3.8, 4) is 0 Å². The second kappa shape index (κ2) is 6.32. The molecule has 1 aliphatic carbocycles. The maximum Gasteiger partial charge on any atom is 0.315 e. The Kier molecular flexibility index (Phi) is 5.04. The molecule has 6 heteroatoms.